The molecular formula is C17H17ClN2O3. The Morgan fingerprint density at radius 2 is 1.83 bits per heavy atom. The Labute approximate surface area is 139 Å². The number of hydrazine groups is 1. The van der Waals surface area contributed by atoms with Gasteiger partial charge in [-0.1, -0.05) is 23.7 Å². The van der Waals surface area contributed by atoms with Gasteiger partial charge in [0, 0.05) is 17.0 Å². The third kappa shape index (κ3) is 5.30. The lowest BCUT2D eigenvalue weighted by atomic mass is 10.1. The minimum absolute atomic E-state index is 0.258. The molecule has 0 bridgehead atoms. The van der Waals surface area contributed by atoms with Crippen LogP contribution in [0.15, 0.2) is 48.5 Å². The van der Waals surface area contributed by atoms with Gasteiger partial charge in [0.1, 0.15) is 5.75 Å². The lowest BCUT2D eigenvalue weighted by molar-refractivity contribution is -0.121. The first-order valence-electron chi connectivity index (χ1n) is 7.06. The smallest absolute Gasteiger partial charge is 0.269 e. The van der Waals surface area contributed by atoms with Crippen LogP contribution in [0.25, 0.3) is 0 Å². The third-order valence-electron chi connectivity index (χ3n) is 3.20. The summed E-state index contributed by atoms with van der Waals surface area (Å²) < 4.78 is 5.13. The number of methoxy groups -OCH3 is 1. The molecule has 2 amide bonds. The molecule has 0 radical (unpaired) electrons. The average Bonchev–Trinajstić information content (AvgIpc) is 2.58. The van der Waals surface area contributed by atoms with Gasteiger partial charge < -0.3 is 4.74 Å². The Morgan fingerprint density at radius 1 is 1.09 bits per heavy atom. The van der Waals surface area contributed by atoms with Gasteiger partial charge in [-0.25, -0.2) is 0 Å². The highest BCUT2D eigenvalue weighted by Gasteiger charge is 2.07. The summed E-state index contributed by atoms with van der Waals surface area (Å²) in [6.45, 7) is 0. The van der Waals surface area contributed by atoms with Gasteiger partial charge in [0.05, 0.1) is 7.11 Å². The molecule has 2 N–H and O–H groups in total. The fourth-order valence-electron chi connectivity index (χ4n) is 1.95. The minimum atomic E-state index is -0.392. The zero-order chi connectivity index (χ0) is 16.7. The summed E-state index contributed by atoms with van der Waals surface area (Å²) in [4.78, 5) is 23.6. The number of aryl methyl sites for hydroxylation is 1. The summed E-state index contributed by atoms with van der Waals surface area (Å²) in [5.74, 6) is 0.0884. The van der Waals surface area contributed by atoms with E-state index in [2.05, 4.69) is 10.9 Å². The molecule has 2 aromatic rings. The van der Waals surface area contributed by atoms with Crippen molar-refractivity contribution < 1.29 is 14.3 Å². The summed E-state index contributed by atoms with van der Waals surface area (Å²) in [5.41, 5.74) is 6.17. The Morgan fingerprint density at radius 3 is 2.52 bits per heavy atom. The number of halogens is 1. The van der Waals surface area contributed by atoms with E-state index >= 15 is 0 Å². The molecule has 0 atom stereocenters. The van der Waals surface area contributed by atoms with E-state index in [0.717, 1.165) is 11.3 Å². The van der Waals surface area contributed by atoms with Crippen molar-refractivity contribution in [2.45, 2.75) is 12.8 Å². The second-order valence-electron chi connectivity index (χ2n) is 4.86. The Hall–Kier alpha value is -2.53. The van der Waals surface area contributed by atoms with E-state index in [0.29, 0.717) is 17.0 Å². The number of benzene rings is 2. The predicted molar refractivity (Wildman–Crippen MR) is 88.4 cm³/mol. The highest BCUT2D eigenvalue weighted by Crippen LogP contribution is 2.13. The average molecular weight is 333 g/mol. The highest BCUT2D eigenvalue weighted by atomic mass is 35.5. The minimum Gasteiger partial charge on any atom is -0.497 e. The number of nitrogens with one attached hydrogen (secondary N) is 2. The largest absolute Gasteiger partial charge is 0.497 e. The Kier molecular flexibility index (Phi) is 6.00. The molecule has 0 heterocycles. The van der Waals surface area contributed by atoms with Crippen molar-refractivity contribution >= 4 is 23.4 Å². The molecule has 0 aliphatic rings. The topological polar surface area (TPSA) is 67.4 Å². The summed E-state index contributed by atoms with van der Waals surface area (Å²) in [6, 6.07) is 13.9. The van der Waals surface area contributed by atoms with Crippen LogP contribution in [-0.2, 0) is 11.2 Å². The molecular weight excluding hydrogens is 316 g/mol. The molecule has 0 aromatic heterocycles. The van der Waals surface area contributed by atoms with Gasteiger partial charge in [-0.15, -0.1) is 0 Å². The van der Waals surface area contributed by atoms with Crippen LogP contribution in [-0.4, -0.2) is 18.9 Å². The number of hydrogen-bond donors (Lipinski definition) is 2. The SMILES string of the molecule is COc1cccc(CCC(=O)NNC(=O)c2ccc(Cl)cc2)c1. The van der Waals surface area contributed by atoms with Gasteiger partial charge in [-0.3, -0.25) is 20.4 Å². The van der Waals surface area contributed by atoms with Crippen LogP contribution < -0.4 is 15.6 Å². The van der Waals surface area contributed by atoms with E-state index in [1.54, 1.807) is 31.4 Å². The summed E-state index contributed by atoms with van der Waals surface area (Å²) in [7, 11) is 1.60. The predicted octanol–water partition coefficient (Wildman–Crippen LogP) is 2.74. The first kappa shape index (κ1) is 16.8. The molecule has 2 aromatic carbocycles. The first-order valence-corrected chi connectivity index (χ1v) is 7.44. The van der Waals surface area contributed by atoms with Gasteiger partial charge in [-0.05, 0) is 48.4 Å². The molecule has 120 valence electrons. The second kappa shape index (κ2) is 8.19. The van der Waals surface area contributed by atoms with Crippen molar-refractivity contribution in [3.05, 3.63) is 64.7 Å². The maximum absolute atomic E-state index is 11.8. The standard InChI is InChI=1S/C17H17ClN2O3/c1-23-15-4-2-3-12(11-15)5-10-16(21)19-20-17(22)13-6-8-14(18)9-7-13/h2-4,6-9,11H,5,10H2,1H3,(H,19,21)(H,20,22). The summed E-state index contributed by atoms with van der Waals surface area (Å²) >= 11 is 5.75. The molecule has 0 aliphatic heterocycles. The van der Waals surface area contributed by atoms with Crippen LogP contribution in [0.4, 0.5) is 0 Å². The maximum atomic E-state index is 11.8. The van der Waals surface area contributed by atoms with Gasteiger partial charge in [0.15, 0.2) is 0 Å². The molecule has 0 unspecified atom stereocenters. The van der Waals surface area contributed by atoms with Crippen molar-refractivity contribution in [3.63, 3.8) is 0 Å². The quantitative estimate of drug-likeness (QED) is 0.827. The van der Waals surface area contributed by atoms with E-state index < -0.39 is 5.91 Å². The zero-order valence-corrected chi connectivity index (χ0v) is 13.4. The van der Waals surface area contributed by atoms with Crippen LogP contribution in [0, 0.1) is 0 Å². The van der Waals surface area contributed by atoms with Crippen molar-refractivity contribution in [2.24, 2.45) is 0 Å². The van der Waals surface area contributed by atoms with Crippen molar-refractivity contribution in [1.82, 2.24) is 10.9 Å². The molecule has 23 heavy (non-hydrogen) atoms. The summed E-state index contributed by atoms with van der Waals surface area (Å²) in [6.07, 6.45) is 0.813. The Bertz CT molecular complexity index is 686. The van der Waals surface area contributed by atoms with E-state index in [9.17, 15) is 9.59 Å². The molecule has 0 saturated carbocycles. The van der Waals surface area contributed by atoms with Gasteiger partial charge in [-0.2, -0.15) is 0 Å². The number of ether oxygens (including phenoxy) is 1. The molecule has 0 fully saturated rings. The number of rotatable bonds is 5. The van der Waals surface area contributed by atoms with E-state index in [4.69, 9.17) is 16.3 Å². The van der Waals surface area contributed by atoms with E-state index in [1.165, 1.54) is 0 Å². The summed E-state index contributed by atoms with van der Waals surface area (Å²) in [5, 5.41) is 0.545. The number of amides is 2. The van der Waals surface area contributed by atoms with Crippen LogP contribution in [0.2, 0.25) is 5.02 Å². The lowest BCUT2D eigenvalue weighted by Gasteiger charge is -2.08. The fourth-order valence-corrected chi connectivity index (χ4v) is 2.07. The first-order chi connectivity index (χ1) is 11.1. The van der Waals surface area contributed by atoms with Crippen molar-refractivity contribution in [3.8, 4) is 5.75 Å². The van der Waals surface area contributed by atoms with Gasteiger partial charge in [0.2, 0.25) is 5.91 Å². The van der Waals surface area contributed by atoms with Crippen LogP contribution >= 0.6 is 11.6 Å². The molecule has 0 saturated heterocycles. The van der Waals surface area contributed by atoms with E-state index in [1.807, 2.05) is 24.3 Å². The van der Waals surface area contributed by atoms with Crippen LogP contribution in [0.1, 0.15) is 22.3 Å². The maximum Gasteiger partial charge on any atom is 0.269 e. The molecule has 2 rings (SSSR count). The molecule has 0 aliphatic carbocycles. The van der Waals surface area contributed by atoms with E-state index in [-0.39, 0.29) is 12.3 Å². The zero-order valence-electron chi connectivity index (χ0n) is 12.6. The van der Waals surface area contributed by atoms with Crippen molar-refractivity contribution in [1.29, 1.82) is 0 Å². The van der Waals surface area contributed by atoms with Gasteiger partial charge in [0.25, 0.3) is 5.91 Å². The van der Waals surface area contributed by atoms with Crippen LogP contribution in [0.3, 0.4) is 0 Å². The second-order valence-corrected chi connectivity index (χ2v) is 5.30. The lowest BCUT2D eigenvalue weighted by Crippen LogP contribution is -2.41. The number of carbonyl (C=O) groups is 2. The number of hydrogen-bond acceptors (Lipinski definition) is 3. The number of carbonyl (C=O) groups excluding carboxylic acids is 2. The van der Waals surface area contributed by atoms with Crippen molar-refractivity contribution in [2.75, 3.05) is 7.11 Å². The molecule has 0 spiro atoms. The fraction of sp³-hybridized carbons (Fsp3) is 0.176. The Balaban J connectivity index is 1.78. The molecule has 5 nitrogen and oxygen atoms in total. The third-order valence-corrected chi connectivity index (χ3v) is 3.45. The van der Waals surface area contributed by atoms with Gasteiger partial charge >= 0.3 is 0 Å². The molecule has 6 heteroatoms. The monoisotopic (exact) mass is 332 g/mol. The van der Waals surface area contributed by atoms with Crippen LogP contribution in [0.5, 0.6) is 5.75 Å². The highest BCUT2D eigenvalue weighted by molar-refractivity contribution is 6.30. The normalized spacial score (nSPS) is 10.0.